The van der Waals surface area contributed by atoms with Gasteiger partial charge >= 0.3 is 7.82 Å². The van der Waals surface area contributed by atoms with Gasteiger partial charge in [-0.3, -0.25) is 18.9 Å². The lowest BCUT2D eigenvalue weighted by molar-refractivity contribution is -0.117. The summed E-state index contributed by atoms with van der Waals surface area (Å²) >= 11 is 0. The topological polar surface area (TPSA) is 105 Å². The van der Waals surface area contributed by atoms with Crippen molar-refractivity contribution in [3.05, 3.63) is 12.3 Å². The largest absolute Gasteiger partial charge is 0.471 e. The molecule has 0 aliphatic heterocycles. The minimum atomic E-state index is -4.61. The van der Waals surface area contributed by atoms with Crippen molar-refractivity contribution in [2.45, 2.75) is 20.4 Å². The zero-order valence-corrected chi connectivity index (χ0v) is 10.4. The molecule has 0 saturated heterocycles. The number of rotatable bonds is 5. The van der Waals surface area contributed by atoms with Crippen molar-refractivity contribution in [3.8, 4) is 0 Å². The van der Waals surface area contributed by atoms with Crippen LogP contribution in [0.4, 0.5) is 5.82 Å². The summed E-state index contributed by atoms with van der Waals surface area (Å²) in [7, 11) is -4.61. The summed E-state index contributed by atoms with van der Waals surface area (Å²) in [5.74, 6) is -0.132. The summed E-state index contributed by atoms with van der Waals surface area (Å²) in [6.45, 7) is 3.22. The zero-order chi connectivity index (χ0) is 13.1. The SMILES string of the molecule is CCn1ccc(N(COP(=O)(O)O)C(C)=O)n1. The molecule has 96 valence electrons. The molecule has 1 heterocycles. The van der Waals surface area contributed by atoms with Crippen LogP contribution in [-0.2, 0) is 20.4 Å². The number of phosphoric ester groups is 1. The number of anilines is 1. The molecule has 2 N–H and O–H groups in total. The van der Waals surface area contributed by atoms with Crippen LogP contribution in [0.2, 0.25) is 0 Å². The second-order valence-electron chi connectivity index (χ2n) is 3.23. The lowest BCUT2D eigenvalue weighted by Crippen LogP contribution is -2.31. The predicted octanol–water partition coefficient (Wildman–Crippen LogP) is 0.323. The molecule has 0 unspecified atom stereocenters. The van der Waals surface area contributed by atoms with Crippen molar-refractivity contribution in [2.24, 2.45) is 0 Å². The minimum Gasteiger partial charge on any atom is -0.303 e. The third-order valence-electron chi connectivity index (χ3n) is 1.96. The van der Waals surface area contributed by atoms with Crippen molar-refractivity contribution in [1.29, 1.82) is 0 Å². The average Bonchev–Trinajstić information content (AvgIpc) is 2.64. The second kappa shape index (κ2) is 5.42. The Balaban J connectivity index is 2.79. The van der Waals surface area contributed by atoms with Gasteiger partial charge in [-0.1, -0.05) is 0 Å². The molecule has 0 bridgehead atoms. The maximum Gasteiger partial charge on any atom is 0.471 e. The van der Waals surface area contributed by atoms with Crippen molar-refractivity contribution in [1.82, 2.24) is 9.78 Å². The number of carbonyl (C=O) groups excluding carboxylic acids is 1. The molecule has 0 fully saturated rings. The van der Waals surface area contributed by atoms with Crippen molar-refractivity contribution in [3.63, 3.8) is 0 Å². The van der Waals surface area contributed by atoms with Crippen LogP contribution < -0.4 is 4.90 Å². The van der Waals surface area contributed by atoms with E-state index in [4.69, 9.17) is 9.79 Å². The van der Waals surface area contributed by atoms with Gasteiger partial charge < -0.3 is 9.79 Å². The zero-order valence-electron chi connectivity index (χ0n) is 9.48. The van der Waals surface area contributed by atoms with Gasteiger partial charge in [-0.15, -0.1) is 0 Å². The van der Waals surface area contributed by atoms with Crippen LogP contribution in [-0.4, -0.2) is 32.2 Å². The fourth-order valence-corrected chi connectivity index (χ4v) is 1.39. The molecule has 0 radical (unpaired) electrons. The number of hydrogen-bond acceptors (Lipinski definition) is 4. The summed E-state index contributed by atoms with van der Waals surface area (Å²) in [6, 6.07) is 1.56. The van der Waals surface area contributed by atoms with Gasteiger partial charge in [0.05, 0.1) is 0 Å². The first kappa shape index (κ1) is 13.9. The van der Waals surface area contributed by atoms with E-state index in [0.29, 0.717) is 6.54 Å². The van der Waals surface area contributed by atoms with Gasteiger partial charge in [-0.25, -0.2) is 4.57 Å². The molecule has 0 aliphatic rings. The maximum absolute atomic E-state index is 11.3. The first-order chi connectivity index (χ1) is 7.83. The lowest BCUT2D eigenvalue weighted by Gasteiger charge is -2.18. The van der Waals surface area contributed by atoms with Crippen LogP contribution in [0.1, 0.15) is 13.8 Å². The minimum absolute atomic E-state index is 0.285. The van der Waals surface area contributed by atoms with Gasteiger partial charge in [-0.2, -0.15) is 5.10 Å². The third-order valence-corrected chi connectivity index (χ3v) is 2.41. The van der Waals surface area contributed by atoms with Crippen LogP contribution in [0, 0.1) is 0 Å². The van der Waals surface area contributed by atoms with Gasteiger partial charge in [0, 0.05) is 25.7 Å². The summed E-state index contributed by atoms with van der Waals surface area (Å²) in [6.07, 6.45) is 1.66. The van der Waals surface area contributed by atoms with Crippen molar-refractivity contribution in [2.75, 3.05) is 11.6 Å². The van der Waals surface area contributed by atoms with Crippen LogP contribution in [0.25, 0.3) is 0 Å². The van der Waals surface area contributed by atoms with Crippen LogP contribution in [0.5, 0.6) is 0 Å². The average molecular weight is 263 g/mol. The Morgan fingerprint density at radius 3 is 2.71 bits per heavy atom. The summed E-state index contributed by atoms with van der Waals surface area (Å²) in [5, 5.41) is 4.04. The Morgan fingerprint density at radius 1 is 1.65 bits per heavy atom. The quantitative estimate of drug-likeness (QED) is 0.585. The fourth-order valence-electron chi connectivity index (χ4n) is 1.12. The number of aromatic nitrogens is 2. The Bertz CT molecular complexity index is 440. The van der Waals surface area contributed by atoms with E-state index >= 15 is 0 Å². The molecular weight excluding hydrogens is 249 g/mol. The molecule has 1 aromatic heterocycles. The Kier molecular flexibility index (Phi) is 4.41. The standard InChI is InChI=1S/C8H14N3O5P/c1-3-10-5-4-8(9-10)11(7(2)12)6-16-17(13,14)15/h4-5H,3,6H2,1-2H3,(H2,13,14,15). The molecule has 9 heteroatoms. The molecule has 1 aromatic rings. The summed E-state index contributed by atoms with van der Waals surface area (Å²) in [4.78, 5) is 29.5. The van der Waals surface area contributed by atoms with Gasteiger partial charge in [0.25, 0.3) is 0 Å². The van der Waals surface area contributed by atoms with Crippen molar-refractivity contribution < 1.29 is 23.7 Å². The van der Waals surface area contributed by atoms with Gasteiger partial charge in [0.2, 0.25) is 5.91 Å². The van der Waals surface area contributed by atoms with E-state index in [0.717, 1.165) is 4.90 Å². The lowest BCUT2D eigenvalue weighted by atomic mass is 10.5. The van der Waals surface area contributed by atoms with Crippen LogP contribution >= 0.6 is 7.82 Å². The summed E-state index contributed by atoms with van der Waals surface area (Å²) in [5.41, 5.74) is 0. The molecule has 0 atom stereocenters. The van der Waals surface area contributed by atoms with E-state index in [9.17, 15) is 9.36 Å². The normalized spacial score (nSPS) is 11.5. The highest BCUT2D eigenvalue weighted by Crippen LogP contribution is 2.36. The molecule has 1 amide bonds. The number of aryl methyl sites for hydroxylation is 1. The van der Waals surface area contributed by atoms with E-state index in [-0.39, 0.29) is 5.82 Å². The van der Waals surface area contributed by atoms with E-state index in [2.05, 4.69) is 9.62 Å². The monoisotopic (exact) mass is 263 g/mol. The highest BCUT2D eigenvalue weighted by Gasteiger charge is 2.20. The summed E-state index contributed by atoms with van der Waals surface area (Å²) < 4.78 is 16.4. The maximum atomic E-state index is 11.3. The first-order valence-electron chi connectivity index (χ1n) is 4.85. The van der Waals surface area contributed by atoms with Crippen LogP contribution in [0.15, 0.2) is 12.3 Å². The molecule has 0 aromatic carbocycles. The number of nitrogens with zero attached hydrogens (tertiary/aromatic N) is 3. The molecule has 1 rings (SSSR count). The number of carbonyl (C=O) groups is 1. The molecule has 0 spiro atoms. The third kappa shape index (κ3) is 4.27. The fraction of sp³-hybridized carbons (Fsp3) is 0.500. The van der Waals surface area contributed by atoms with E-state index in [1.807, 2.05) is 6.92 Å². The van der Waals surface area contributed by atoms with Gasteiger partial charge in [0.15, 0.2) is 5.82 Å². The Morgan fingerprint density at radius 2 is 2.29 bits per heavy atom. The molecule has 8 nitrogen and oxygen atoms in total. The highest BCUT2D eigenvalue weighted by atomic mass is 31.2. The predicted molar refractivity (Wildman–Crippen MR) is 59.1 cm³/mol. The molecule has 0 saturated carbocycles. The number of hydrogen-bond donors (Lipinski definition) is 2. The Hall–Kier alpha value is -1.21. The van der Waals surface area contributed by atoms with Gasteiger partial charge in [-0.05, 0) is 6.92 Å². The van der Waals surface area contributed by atoms with E-state index in [1.54, 1.807) is 16.9 Å². The van der Waals surface area contributed by atoms with E-state index < -0.39 is 20.5 Å². The van der Waals surface area contributed by atoms with E-state index in [1.165, 1.54) is 6.92 Å². The van der Waals surface area contributed by atoms with Crippen LogP contribution in [0.3, 0.4) is 0 Å². The second-order valence-corrected chi connectivity index (χ2v) is 4.46. The Labute approximate surface area is 98.0 Å². The highest BCUT2D eigenvalue weighted by molar-refractivity contribution is 7.46. The number of phosphoric acid groups is 1. The first-order valence-corrected chi connectivity index (χ1v) is 6.38. The van der Waals surface area contributed by atoms with Gasteiger partial charge in [0.1, 0.15) is 6.73 Å². The van der Waals surface area contributed by atoms with Crippen molar-refractivity contribution >= 4 is 19.5 Å². The molecular formula is C8H14N3O5P. The molecule has 0 aliphatic carbocycles. The number of amides is 1. The smallest absolute Gasteiger partial charge is 0.303 e. The molecule has 17 heavy (non-hydrogen) atoms.